The number of hydrogen-bond donors (Lipinski definition) is 2. The van der Waals surface area contributed by atoms with Crippen LogP contribution in [0.25, 0.3) is 10.9 Å². The highest BCUT2D eigenvalue weighted by Crippen LogP contribution is 2.30. The summed E-state index contributed by atoms with van der Waals surface area (Å²) in [6, 6.07) is 14.2. The van der Waals surface area contributed by atoms with Crippen molar-refractivity contribution in [1.29, 1.82) is 0 Å². The first kappa shape index (κ1) is 13.3. The van der Waals surface area contributed by atoms with Gasteiger partial charge in [0.05, 0.1) is 11.7 Å². The van der Waals surface area contributed by atoms with Crippen LogP contribution in [0.3, 0.4) is 0 Å². The summed E-state index contributed by atoms with van der Waals surface area (Å²) in [7, 11) is 0. The van der Waals surface area contributed by atoms with Gasteiger partial charge in [0.25, 0.3) is 0 Å². The second-order valence-corrected chi connectivity index (χ2v) is 6.11. The Labute approximate surface area is 129 Å². The van der Waals surface area contributed by atoms with Crippen LogP contribution >= 0.6 is 0 Å². The molecule has 112 valence electrons. The molecule has 1 aliphatic heterocycles. The van der Waals surface area contributed by atoms with Gasteiger partial charge < -0.3 is 5.11 Å². The molecule has 0 spiro atoms. The third-order valence-electron chi connectivity index (χ3n) is 4.53. The number of phenolic OH excluding ortho intramolecular Hbond substituents is 1. The van der Waals surface area contributed by atoms with E-state index in [2.05, 4.69) is 39.4 Å². The number of aromatic nitrogens is 2. The molecule has 4 heteroatoms. The summed E-state index contributed by atoms with van der Waals surface area (Å²) in [5, 5.41) is 17.9. The number of phenols is 1. The molecular weight excluding hydrogens is 274 g/mol. The molecule has 0 aliphatic carbocycles. The average molecular weight is 293 g/mol. The number of aromatic hydroxyl groups is 1. The van der Waals surface area contributed by atoms with Gasteiger partial charge in [0.15, 0.2) is 0 Å². The standard InChI is InChI=1S/C18H19N3O/c22-17-3-1-2-14(9-17)16-6-7-21(12-16)11-13-4-5-15-10-19-20-18(15)8-13/h1-5,8-10,16,22H,6-7,11-12H2,(H,19,20). The molecule has 22 heavy (non-hydrogen) atoms. The number of rotatable bonds is 3. The Balaban J connectivity index is 1.46. The van der Waals surface area contributed by atoms with Crippen molar-refractivity contribution < 1.29 is 5.11 Å². The van der Waals surface area contributed by atoms with Crippen LogP contribution in [0.15, 0.2) is 48.7 Å². The third kappa shape index (κ3) is 2.57. The number of nitrogens with one attached hydrogen (secondary N) is 1. The van der Waals surface area contributed by atoms with Gasteiger partial charge in [0.1, 0.15) is 5.75 Å². The molecule has 4 nitrogen and oxygen atoms in total. The molecule has 1 aliphatic rings. The van der Waals surface area contributed by atoms with Crippen LogP contribution < -0.4 is 0 Å². The lowest BCUT2D eigenvalue weighted by Crippen LogP contribution is -2.19. The average Bonchev–Trinajstić information content (AvgIpc) is 3.16. The number of nitrogens with zero attached hydrogens (tertiary/aromatic N) is 2. The summed E-state index contributed by atoms with van der Waals surface area (Å²) >= 11 is 0. The van der Waals surface area contributed by atoms with Gasteiger partial charge in [0, 0.05) is 18.5 Å². The number of H-pyrrole nitrogens is 1. The van der Waals surface area contributed by atoms with Gasteiger partial charge in [-0.2, -0.15) is 5.10 Å². The first-order valence-electron chi connectivity index (χ1n) is 7.71. The zero-order valence-corrected chi connectivity index (χ0v) is 12.4. The van der Waals surface area contributed by atoms with E-state index in [1.165, 1.54) is 11.1 Å². The number of aromatic amines is 1. The Morgan fingerprint density at radius 2 is 2.18 bits per heavy atom. The normalized spacial score (nSPS) is 19.0. The summed E-state index contributed by atoms with van der Waals surface area (Å²) in [5.41, 5.74) is 3.65. The SMILES string of the molecule is Oc1cccc(C2CCN(Cc3ccc4cn[nH]c4c3)C2)c1. The monoisotopic (exact) mass is 293 g/mol. The number of benzene rings is 2. The van der Waals surface area contributed by atoms with Gasteiger partial charge in [-0.1, -0.05) is 24.3 Å². The van der Waals surface area contributed by atoms with Crippen molar-refractivity contribution in [1.82, 2.24) is 15.1 Å². The van der Waals surface area contributed by atoms with Crippen molar-refractivity contribution in [3.05, 3.63) is 59.8 Å². The molecule has 0 saturated carbocycles. The first-order chi connectivity index (χ1) is 10.8. The van der Waals surface area contributed by atoms with Crippen LogP contribution in [-0.4, -0.2) is 33.3 Å². The van der Waals surface area contributed by atoms with E-state index in [0.717, 1.165) is 37.0 Å². The van der Waals surface area contributed by atoms with Crippen molar-refractivity contribution in [2.45, 2.75) is 18.9 Å². The Hall–Kier alpha value is -2.33. The topological polar surface area (TPSA) is 52.1 Å². The Bertz CT molecular complexity index is 796. The molecule has 3 aromatic rings. The van der Waals surface area contributed by atoms with Gasteiger partial charge in [-0.25, -0.2) is 0 Å². The largest absolute Gasteiger partial charge is 0.508 e. The van der Waals surface area contributed by atoms with Gasteiger partial charge in [-0.3, -0.25) is 10.00 Å². The predicted molar refractivity (Wildman–Crippen MR) is 86.8 cm³/mol. The Morgan fingerprint density at radius 1 is 1.23 bits per heavy atom. The summed E-state index contributed by atoms with van der Waals surface area (Å²) in [5.74, 6) is 0.878. The van der Waals surface area contributed by atoms with E-state index in [9.17, 15) is 5.11 Å². The zero-order chi connectivity index (χ0) is 14.9. The first-order valence-corrected chi connectivity index (χ1v) is 7.71. The van der Waals surface area contributed by atoms with E-state index in [-0.39, 0.29) is 0 Å². The number of likely N-dealkylation sites (tertiary alicyclic amines) is 1. The second-order valence-electron chi connectivity index (χ2n) is 6.11. The maximum Gasteiger partial charge on any atom is 0.115 e. The molecule has 0 bridgehead atoms. The quantitative estimate of drug-likeness (QED) is 0.779. The fourth-order valence-electron chi connectivity index (χ4n) is 3.37. The molecule has 1 aromatic heterocycles. The lowest BCUT2D eigenvalue weighted by Gasteiger charge is -2.16. The third-order valence-corrected chi connectivity index (χ3v) is 4.53. The van der Waals surface area contributed by atoms with Gasteiger partial charge >= 0.3 is 0 Å². The van der Waals surface area contributed by atoms with Gasteiger partial charge in [0.2, 0.25) is 0 Å². The molecule has 1 fully saturated rings. The van der Waals surface area contributed by atoms with Crippen molar-refractivity contribution >= 4 is 10.9 Å². The highest BCUT2D eigenvalue weighted by molar-refractivity contribution is 5.78. The molecule has 2 aromatic carbocycles. The predicted octanol–water partition coefficient (Wildman–Crippen LogP) is 3.26. The summed E-state index contributed by atoms with van der Waals surface area (Å²) in [6.45, 7) is 3.11. The fraction of sp³-hybridized carbons (Fsp3) is 0.278. The van der Waals surface area contributed by atoms with Crippen LogP contribution in [0, 0.1) is 0 Å². The van der Waals surface area contributed by atoms with Crippen molar-refractivity contribution in [3.8, 4) is 5.75 Å². The molecule has 2 heterocycles. The minimum absolute atomic E-state index is 0.362. The lowest BCUT2D eigenvalue weighted by molar-refractivity contribution is 0.327. The summed E-state index contributed by atoms with van der Waals surface area (Å²) in [6.07, 6.45) is 3.00. The van der Waals surface area contributed by atoms with Gasteiger partial charge in [-0.15, -0.1) is 0 Å². The molecule has 2 N–H and O–H groups in total. The van der Waals surface area contributed by atoms with E-state index in [0.29, 0.717) is 11.7 Å². The minimum atomic E-state index is 0.362. The smallest absolute Gasteiger partial charge is 0.115 e. The van der Waals surface area contributed by atoms with Crippen LogP contribution in [0.2, 0.25) is 0 Å². The van der Waals surface area contributed by atoms with Crippen LogP contribution in [0.4, 0.5) is 0 Å². The van der Waals surface area contributed by atoms with E-state index in [1.807, 2.05) is 18.3 Å². The molecule has 0 amide bonds. The van der Waals surface area contributed by atoms with Crippen LogP contribution in [0.1, 0.15) is 23.5 Å². The highest BCUT2D eigenvalue weighted by atomic mass is 16.3. The van der Waals surface area contributed by atoms with E-state index >= 15 is 0 Å². The van der Waals surface area contributed by atoms with E-state index < -0.39 is 0 Å². The summed E-state index contributed by atoms with van der Waals surface area (Å²) in [4.78, 5) is 2.48. The number of fused-ring (bicyclic) bond motifs is 1. The maximum atomic E-state index is 9.63. The minimum Gasteiger partial charge on any atom is -0.508 e. The van der Waals surface area contributed by atoms with Crippen molar-refractivity contribution in [2.24, 2.45) is 0 Å². The van der Waals surface area contributed by atoms with Crippen LogP contribution in [0.5, 0.6) is 5.75 Å². The van der Waals surface area contributed by atoms with Crippen LogP contribution in [-0.2, 0) is 6.54 Å². The molecule has 4 rings (SSSR count). The second kappa shape index (κ2) is 5.46. The van der Waals surface area contributed by atoms with Crippen molar-refractivity contribution in [2.75, 3.05) is 13.1 Å². The van der Waals surface area contributed by atoms with Crippen molar-refractivity contribution in [3.63, 3.8) is 0 Å². The summed E-state index contributed by atoms with van der Waals surface area (Å²) < 4.78 is 0. The lowest BCUT2D eigenvalue weighted by atomic mass is 9.98. The Morgan fingerprint density at radius 3 is 3.09 bits per heavy atom. The molecule has 0 radical (unpaired) electrons. The molecule has 1 unspecified atom stereocenters. The molecule has 1 saturated heterocycles. The zero-order valence-electron chi connectivity index (χ0n) is 12.4. The maximum absolute atomic E-state index is 9.63. The Kier molecular flexibility index (Phi) is 3.31. The fourth-order valence-corrected chi connectivity index (χ4v) is 3.37. The molecular formula is C18H19N3O. The highest BCUT2D eigenvalue weighted by Gasteiger charge is 2.24. The molecule has 1 atom stereocenters. The van der Waals surface area contributed by atoms with E-state index in [1.54, 1.807) is 6.07 Å². The number of hydrogen-bond acceptors (Lipinski definition) is 3. The van der Waals surface area contributed by atoms with Gasteiger partial charge in [-0.05, 0) is 48.2 Å². The van der Waals surface area contributed by atoms with E-state index in [4.69, 9.17) is 0 Å².